The van der Waals surface area contributed by atoms with Gasteiger partial charge >= 0.3 is 12.4 Å². The average Bonchev–Trinajstić information content (AvgIpc) is 3.56. The lowest BCUT2D eigenvalue weighted by molar-refractivity contribution is -0.154. The number of carbonyl (C=O) groups excluding carboxylic acids is 2. The third-order valence-electron chi connectivity index (χ3n) is 8.19. The Morgan fingerprint density at radius 3 is 2.22 bits per heavy atom. The maximum atomic E-state index is 15.5. The smallest absolute Gasteiger partial charge is 0.422 e. The lowest BCUT2D eigenvalue weighted by Crippen LogP contribution is -2.59. The van der Waals surface area contributed by atoms with Crippen LogP contribution in [0.1, 0.15) is 17.5 Å². The van der Waals surface area contributed by atoms with Crippen molar-refractivity contribution < 1.29 is 63.0 Å². The van der Waals surface area contributed by atoms with E-state index >= 15 is 9.18 Å². The first-order valence-corrected chi connectivity index (χ1v) is 16.7. The Kier molecular flexibility index (Phi) is 10.2. The fraction of sp³-hybridized carbons (Fsp3) is 0.375. The molecule has 51 heavy (non-hydrogen) atoms. The van der Waals surface area contributed by atoms with E-state index in [0.29, 0.717) is 12.1 Å². The summed E-state index contributed by atoms with van der Waals surface area (Å²) in [5.41, 5.74) is -2.99. The predicted octanol–water partition coefficient (Wildman–Crippen LogP) is 5.71. The molecule has 1 fully saturated rings. The number of rotatable bonds is 10. The Bertz CT molecular complexity index is 1940. The summed E-state index contributed by atoms with van der Waals surface area (Å²) in [5.74, 6) is -3.69. The second-order valence-electron chi connectivity index (χ2n) is 11.8. The number of halogens is 8. The van der Waals surface area contributed by atoms with Crippen LogP contribution < -0.4 is 18.5 Å². The van der Waals surface area contributed by atoms with Crippen LogP contribution in [0.2, 0.25) is 5.02 Å². The summed E-state index contributed by atoms with van der Waals surface area (Å²) < 4.78 is 139. The number of fused-ring (bicyclic) bond motifs is 1. The summed E-state index contributed by atoms with van der Waals surface area (Å²) in [6.07, 6.45) is -12.0. The molecule has 276 valence electrons. The van der Waals surface area contributed by atoms with Crippen molar-refractivity contribution in [2.75, 3.05) is 45.3 Å². The van der Waals surface area contributed by atoms with Crippen molar-refractivity contribution in [2.24, 2.45) is 0 Å². The van der Waals surface area contributed by atoms with Gasteiger partial charge in [-0.2, -0.15) is 26.3 Å². The number of nitrogens with zero attached hydrogens (tertiary/aromatic N) is 3. The molecule has 2 amide bonds. The van der Waals surface area contributed by atoms with E-state index in [1.54, 1.807) is 0 Å². The number of alkyl halides is 7. The van der Waals surface area contributed by atoms with Crippen LogP contribution in [-0.4, -0.2) is 95.6 Å². The predicted molar refractivity (Wildman–Crippen MR) is 168 cm³/mol. The first-order valence-electron chi connectivity index (χ1n) is 14.9. The van der Waals surface area contributed by atoms with Crippen molar-refractivity contribution in [1.82, 2.24) is 9.80 Å². The molecule has 1 unspecified atom stereocenters. The zero-order valence-corrected chi connectivity index (χ0v) is 28.5. The number of para-hydroxylation sites is 1. The minimum absolute atomic E-state index is 0.00568. The molecule has 3 atom stereocenters. The van der Waals surface area contributed by atoms with Crippen LogP contribution in [0.3, 0.4) is 0 Å². The number of benzene rings is 3. The summed E-state index contributed by atoms with van der Waals surface area (Å²) in [4.78, 5) is 30.0. The van der Waals surface area contributed by atoms with Gasteiger partial charge in [-0.05, 0) is 36.4 Å². The number of hydrogen-bond donors (Lipinski definition) is 0. The standard InChI is InChI=1S/C32H29ClF7N3O7S/c1-41(2)28(44)24-13-19(34)15-42(24)32(21-6-4-5-7-25(21)48-3)22-12-18(33)8-10-23(22)43(29(32)45)51(46,47)27-14-20(49-16-30(35,36)37)9-11-26(27)50-17-31(38,39)40/h4-12,14,19,24H,13,15-17H2,1-3H3/t19-,24+,32?/m1/s1. The van der Waals surface area contributed by atoms with Gasteiger partial charge in [0, 0.05) is 49.3 Å². The summed E-state index contributed by atoms with van der Waals surface area (Å²) in [7, 11) is -1.41. The van der Waals surface area contributed by atoms with E-state index in [1.807, 2.05) is 0 Å². The van der Waals surface area contributed by atoms with Crippen LogP contribution in [0.4, 0.5) is 36.4 Å². The van der Waals surface area contributed by atoms with Crippen LogP contribution in [0.25, 0.3) is 0 Å². The highest BCUT2D eigenvalue weighted by Gasteiger charge is 2.64. The number of likely N-dealkylation sites (tertiary alicyclic amines) is 1. The quantitative estimate of drug-likeness (QED) is 0.242. The van der Waals surface area contributed by atoms with Gasteiger partial charge in [0.05, 0.1) is 18.8 Å². The lowest BCUT2D eigenvalue weighted by atomic mass is 9.80. The summed E-state index contributed by atoms with van der Waals surface area (Å²) in [6.45, 7) is -4.48. The molecule has 2 aliphatic heterocycles. The van der Waals surface area contributed by atoms with Gasteiger partial charge in [0.1, 0.15) is 28.3 Å². The molecule has 3 aromatic carbocycles. The van der Waals surface area contributed by atoms with E-state index in [9.17, 15) is 39.6 Å². The first-order chi connectivity index (χ1) is 23.7. The van der Waals surface area contributed by atoms with E-state index in [-0.39, 0.29) is 26.2 Å². The number of ether oxygens (including phenoxy) is 3. The highest BCUT2D eigenvalue weighted by Crippen LogP contribution is 2.55. The van der Waals surface area contributed by atoms with Gasteiger partial charge in [-0.1, -0.05) is 29.8 Å². The molecule has 0 saturated carbocycles. The Labute approximate surface area is 292 Å². The summed E-state index contributed by atoms with van der Waals surface area (Å²) in [5, 5.41) is -0.0247. The Hall–Kier alpha value is -4.29. The van der Waals surface area contributed by atoms with E-state index in [4.69, 9.17) is 21.1 Å². The zero-order valence-electron chi connectivity index (χ0n) is 26.9. The van der Waals surface area contributed by atoms with Crippen molar-refractivity contribution in [1.29, 1.82) is 0 Å². The maximum absolute atomic E-state index is 15.5. The maximum Gasteiger partial charge on any atom is 0.422 e. The Balaban J connectivity index is 1.81. The third-order valence-corrected chi connectivity index (χ3v) is 10.1. The van der Waals surface area contributed by atoms with Crippen molar-refractivity contribution in [2.45, 2.75) is 41.4 Å². The monoisotopic (exact) mass is 767 g/mol. The Morgan fingerprint density at radius 1 is 0.941 bits per heavy atom. The van der Waals surface area contributed by atoms with Crippen LogP contribution >= 0.6 is 11.6 Å². The van der Waals surface area contributed by atoms with E-state index in [0.717, 1.165) is 17.0 Å². The van der Waals surface area contributed by atoms with Gasteiger partial charge in [-0.3, -0.25) is 14.5 Å². The number of hydrogen-bond acceptors (Lipinski definition) is 8. The van der Waals surface area contributed by atoms with Gasteiger partial charge in [0.2, 0.25) is 5.91 Å². The summed E-state index contributed by atoms with van der Waals surface area (Å²) >= 11 is 6.41. The number of methoxy groups -OCH3 is 1. The lowest BCUT2D eigenvalue weighted by Gasteiger charge is -2.42. The Morgan fingerprint density at radius 2 is 1.59 bits per heavy atom. The van der Waals surface area contributed by atoms with Crippen molar-refractivity contribution in [3.8, 4) is 17.2 Å². The fourth-order valence-corrected chi connectivity index (χ4v) is 8.01. The molecule has 0 aromatic heterocycles. The zero-order chi connectivity index (χ0) is 37.7. The van der Waals surface area contributed by atoms with Gasteiger partial charge in [0.25, 0.3) is 15.9 Å². The number of anilines is 1. The number of sulfonamides is 1. The van der Waals surface area contributed by atoms with Crippen LogP contribution in [-0.2, 0) is 25.2 Å². The molecule has 0 bridgehead atoms. The third kappa shape index (κ3) is 7.13. The molecule has 0 aliphatic carbocycles. The second-order valence-corrected chi connectivity index (χ2v) is 14.0. The van der Waals surface area contributed by atoms with E-state index < -0.39 is 100 Å². The number of amides is 2. The summed E-state index contributed by atoms with van der Waals surface area (Å²) in [6, 6.07) is 9.94. The normalized spacial score (nSPS) is 21.1. The molecule has 0 radical (unpaired) electrons. The van der Waals surface area contributed by atoms with Crippen molar-refractivity contribution in [3.05, 3.63) is 76.8 Å². The van der Waals surface area contributed by atoms with Crippen LogP contribution in [0, 0.1) is 0 Å². The topological polar surface area (TPSA) is 106 Å². The van der Waals surface area contributed by atoms with Crippen molar-refractivity contribution in [3.63, 3.8) is 0 Å². The van der Waals surface area contributed by atoms with Gasteiger partial charge in [-0.25, -0.2) is 17.1 Å². The molecule has 0 spiro atoms. The van der Waals surface area contributed by atoms with Gasteiger partial charge in [0.15, 0.2) is 18.8 Å². The minimum atomic E-state index is -5.45. The fourth-order valence-electron chi connectivity index (χ4n) is 6.23. The SMILES string of the molecule is COc1ccccc1C1(N2C[C@H](F)C[C@H]2C(=O)N(C)C)C(=O)N(S(=O)(=O)c2cc(OCC(F)(F)F)ccc2OCC(F)(F)F)c2ccc(Cl)cc21. The van der Waals surface area contributed by atoms with Crippen LogP contribution in [0.5, 0.6) is 17.2 Å². The number of carbonyl (C=O) groups is 2. The minimum Gasteiger partial charge on any atom is -0.496 e. The molecule has 19 heteroatoms. The number of likely N-dealkylation sites (N-methyl/N-ethyl adjacent to an activating group) is 1. The highest BCUT2D eigenvalue weighted by atomic mass is 35.5. The molecular formula is C32H29ClF7N3O7S. The molecule has 2 aliphatic rings. The van der Waals surface area contributed by atoms with Gasteiger partial charge in [-0.15, -0.1) is 0 Å². The largest absolute Gasteiger partial charge is 0.496 e. The second kappa shape index (κ2) is 13.7. The molecule has 10 nitrogen and oxygen atoms in total. The average molecular weight is 768 g/mol. The van der Waals surface area contributed by atoms with Crippen molar-refractivity contribution >= 4 is 39.1 Å². The van der Waals surface area contributed by atoms with E-state index in [1.165, 1.54) is 62.5 Å². The first kappa shape index (κ1) is 38.0. The van der Waals surface area contributed by atoms with Gasteiger partial charge < -0.3 is 19.1 Å². The highest BCUT2D eigenvalue weighted by molar-refractivity contribution is 7.93. The van der Waals surface area contributed by atoms with E-state index in [2.05, 4.69) is 4.74 Å². The van der Waals surface area contributed by atoms with Crippen LogP contribution in [0.15, 0.2) is 65.6 Å². The molecular weight excluding hydrogens is 739 g/mol. The molecule has 5 rings (SSSR count). The molecule has 3 aromatic rings. The molecule has 2 heterocycles. The molecule has 1 saturated heterocycles. The molecule has 0 N–H and O–H groups in total.